The second kappa shape index (κ2) is 12.5. The highest BCUT2D eigenvalue weighted by Crippen LogP contribution is 2.15. The second-order valence-electron chi connectivity index (χ2n) is 6.07. The van der Waals surface area contributed by atoms with E-state index in [9.17, 15) is 9.59 Å². The molecule has 0 aromatic heterocycles. The van der Waals surface area contributed by atoms with Crippen LogP contribution in [0.4, 0.5) is 0 Å². The molecular weight excluding hydrogens is 278 g/mol. The number of unbranched alkanes of at least 4 members (excludes halogenated alkanes) is 4. The van der Waals surface area contributed by atoms with Crippen LogP contribution in [0.1, 0.15) is 86.0 Å². The van der Waals surface area contributed by atoms with Gasteiger partial charge in [0.05, 0.1) is 6.61 Å². The summed E-state index contributed by atoms with van der Waals surface area (Å²) in [7, 11) is 0. The van der Waals surface area contributed by atoms with Gasteiger partial charge in [0.2, 0.25) is 5.91 Å². The summed E-state index contributed by atoms with van der Waals surface area (Å²) >= 11 is 0. The van der Waals surface area contributed by atoms with E-state index in [4.69, 9.17) is 4.74 Å². The second-order valence-corrected chi connectivity index (χ2v) is 6.07. The van der Waals surface area contributed by atoms with Crippen molar-refractivity contribution in [3.05, 3.63) is 0 Å². The number of hydrogen-bond acceptors (Lipinski definition) is 3. The zero-order valence-corrected chi connectivity index (χ0v) is 15.2. The van der Waals surface area contributed by atoms with Crippen LogP contribution < -0.4 is 0 Å². The number of esters is 1. The minimum absolute atomic E-state index is 0.0624. The van der Waals surface area contributed by atoms with Gasteiger partial charge >= 0.3 is 5.97 Å². The topological polar surface area (TPSA) is 46.6 Å². The van der Waals surface area contributed by atoms with Crippen LogP contribution in [0.15, 0.2) is 0 Å². The molecule has 0 fully saturated rings. The van der Waals surface area contributed by atoms with Crippen LogP contribution in [0.3, 0.4) is 0 Å². The van der Waals surface area contributed by atoms with Crippen LogP contribution in [-0.4, -0.2) is 35.5 Å². The van der Waals surface area contributed by atoms with E-state index in [1.807, 2.05) is 13.8 Å². The summed E-state index contributed by atoms with van der Waals surface area (Å²) in [4.78, 5) is 26.4. The molecule has 130 valence electrons. The Kier molecular flexibility index (Phi) is 11.9. The van der Waals surface area contributed by atoms with Crippen molar-refractivity contribution in [2.45, 2.75) is 98.1 Å². The zero-order chi connectivity index (χ0) is 17.0. The van der Waals surface area contributed by atoms with E-state index in [0.717, 1.165) is 44.9 Å². The Morgan fingerprint density at radius 3 is 2.14 bits per heavy atom. The maximum Gasteiger partial charge on any atom is 0.328 e. The number of rotatable bonds is 12. The highest BCUT2D eigenvalue weighted by molar-refractivity contribution is 5.84. The molecule has 0 aliphatic heterocycles. The predicted octanol–water partition coefficient (Wildman–Crippen LogP) is 4.32. The average molecular weight is 313 g/mol. The summed E-state index contributed by atoms with van der Waals surface area (Å²) < 4.78 is 5.28. The number of hydrogen-bond donors (Lipinski definition) is 0. The summed E-state index contributed by atoms with van der Waals surface area (Å²) in [5.41, 5.74) is 0. The molecule has 0 aliphatic carbocycles. The van der Waals surface area contributed by atoms with Crippen LogP contribution >= 0.6 is 0 Å². The fourth-order valence-electron chi connectivity index (χ4n) is 2.42. The van der Waals surface area contributed by atoms with Gasteiger partial charge in [-0.15, -0.1) is 0 Å². The molecule has 0 aromatic rings. The molecule has 22 heavy (non-hydrogen) atoms. The molecule has 0 radical (unpaired) electrons. The van der Waals surface area contributed by atoms with Crippen LogP contribution in [0.25, 0.3) is 0 Å². The predicted molar refractivity (Wildman–Crippen MR) is 90.7 cm³/mol. The van der Waals surface area contributed by atoms with E-state index in [2.05, 4.69) is 13.8 Å². The number of carbonyl (C=O) groups excluding carboxylic acids is 2. The SMILES string of the molecule is CCCCCCC(=O)N(C(C)CC)C(C)C(=O)OCCCC. The van der Waals surface area contributed by atoms with E-state index < -0.39 is 6.04 Å². The molecular formula is C18H35NO3. The molecule has 4 heteroatoms. The third-order valence-electron chi connectivity index (χ3n) is 4.10. The molecule has 1 amide bonds. The Balaban J connectivity index is 4.59. The fourth-order valence-corrected chi connectivity index (χ4v) is 2.42. The van der Waals surface area contributed by atoms with E-state index in [1.165, 1.54) is 0 Å². The Hall–Kier alpha value is -1.06. The van der Waals surface area contributed by atoms with Crippen molar-refractivity contribution in [2.24, 2.45) is 0 Å². The molecule has 0 N–H and O–H groups in total. The molecule has 0 saturated carbocycles. The van der Waals surface area contributed by atoms with Crippen molar-refractivity contribution >= 4 is 11.9 Å². The Bertz CT molecular complexity index is 317. The first-order valence-corrected chi connectivity index (χ1v) is 8.97. The van der Waals surface area contributed by atoms with Crippen LogP contribution in [0.5, 0.6) is 0 Å². The van der Waals surface area contributed by atoms with Gasteiger partial charge in [-0.25, -0.2) is 4.79 Å². The summed E-state index contributed by atoms with van der Waals surface area (Å²) in [6.45, 7) is 10.5. The largest absolute Gasteiger partial charge is 0.464 e. The summed E-state index contributed by atoms with van der Waals surface area (Å²) in [6, 6.07) is -0.433. The van der Waals surface area contributed by atoms with Crippen molar-refractivity contribution in [3.8, 4) is 0 Å². The zero-order valence-electron chi connectivity index (χ0n) is 15.2. The quantitative estimate of drug-likeness (QED) is 0.398. The molecule has 4 nitrogen and oxygen atoms in total. The van der Waals surface area contributed by atoms with E-state index in [1.54, 1.807) is 11.8 Å². The van der Waals surface area contributed by atoms with E-state index >= 15 is 0 Å². The van der Waals surface area contributed by atoms with Gasteiger partial charge < -0.3 is 9.64 Å². The monoisotopic (exact) mass is 313 g/mol. The lowest BCUT2D eigenvalue weighted by Crippen LogP contribution is -2.48. The van der Waals surface area contributed by atoms with Crippen LogP contribution in [0, 0.1) is 0 Å². The maximum absolute atomic E-state index is 12.5. The van der Waals surface area contributed by atoms with Gasteiger partial charge in [-0.3, -0.25) is 4.79 Å². The number of amides is 1. The van der Waals surface area contributed by atoms with Crippen LogP contribution in [-0.2, 0) is 14.3 Å². The van der Waals surface area contributed by atoms with Gasteiger partial charge in [-0.1, -0.05) is 46.5 Å². The highest BCUT2D eigenvalue weighted by atomic mass is 16.5. The minimum Gasteiger partial charge on any atom is -0.464 e. The molecule has 0 saturated heterocycles. The minimum atomic E-state index is -0.495. The fraction of sp³-hybridized carbons (Fsp3) is 0.889. The average Bonchev–Trinajstić information content (AvgIpc) is 2.51. The Labute approximate surface area is 136 Å². The Morgan fingerprint density at radius 2 is 1.59 bits per heavy atom. The smallest absolute Gasteiger partial charge is 0.328 e. The molecule has 2 atom stereocenters. The summed E-state index contributed by atoms with van der Waals surface area (Å²) in [5, 5.41) is 0. The maximum atomic E-state index is 12.5. The summed E-state index contributed by atoms with van der Waals surface area (Å²) in [6.07, 6.45) is 7.52. The van der Waals surface area contributed by atoms with Crippen LogP contribution in [0.2, 0.25) is 0 Å². The van der Waals surface area contributed by atoms with Crippen molar-refractivity contribution < 1.29 is 14.3 Å². The third kappa shape index (κ3) is 7.81. The molecule has 0 bridgehead atoms. The van der Waals surface area contributed by atoms with Crippen molar-refractivity contribution in [1.82, 2.24) is 4.90 Å². The third-order valence-corrected chi connectivity index (χ3v) is 4.10. The standard InChI is InChI=1S/C18H35NO3/c1-6-9-11-12-13-17(20)19(15(4)8-3)16(5)18(21)22-14-10-7-2/h15-16H,6-14H2,1-5H3. The van der Waals surface area contributed by atoms with Crippen molar-refractivity contribution in [2.75, 3.05) is 6.61 Å². The van der Waals surface area contributed by atoms with Gasteiger partial charge in [0.15, 0.2) is 0 Å². The van der Waals surface area contributed by atoms with E-state index in [-0.39, 0.29) is 17.9 Å². The molecule has 0 rings (SSSR count). The van der Waals surface area contributed by atoms with Gasteiger partial charge in [0.1, 0.15) is 6.04 Å². The Morgan fingerprint density at radius 1 is 0.955 bits per heavy atom. The lowest BCUT2D eigenvalue weighted by atomic mass is 10.1. The van der Waals surface area contributed by atoms with E-state index in [0.29, 0.717) is 13.0 Å². The van der Waals surface area contributed by atoms with Gasteiger partial charge in [-0.05, 0) is 33.1 Å². The lowest BCUT2D eigenvalue weighted by molar-refractivity contribution is -0.156. The molecule has 0 spiro atoms. The molecule has 0 aromatic carbocycles. The molecule has 0 aliphatic rings. The molecule has 2 unspecified atom stereocenters. The number of carbonyl (C=O) groups is 2. The van der Waals surface area contributed by atoms with Gasteiger partial charge in [-0.2, -0.15) is 0 Å². The highest BCUT2D eigenvalue weighted by Gasteiger charge is 2.29. The van der Waals surface area contributed by atoms with Crippen molar-refractivity contribution in [3.63, 3.8) is 0 Å². The van der Waals surface area contributed by atoms with Gasteiger partial charge in [0.25, 0.3) is 0 Å². The molecule has 0 heterocycles. The lowest BCUT2D eigenvalue weighted by Gasteiger charge is -2.33. The summed E-state index contributed by atoms with van der Waals surface area (Å²) in [5.74, 6) is -0.207. The first kappa shape index (κ1) is 20.9. The first-order chi connectivity index (χ1) is 10.5. The number of nitrogens with zero attached hydrogens (tertiary/aromatic N) is 1. The normalized spacial score (nSPS) is 13.5. The van der Waals surface area contributed by atoms with Gasteiger partial charge in [0, 0.05) is 12.5 Å². The first-order valence-electron chi connectivity index (χ1n) is 8.97. The number of ether oxygens (including phenoxy) is 1. The van der Waals surface area contributed by atoms with Crippen molar-refractivity contribution in [1.29, 1.82) is 0 Å².